The van der Waals surface area contributed by atoms with Crippen molar-refractivity contribution in [3.05, 3.63) is 23.2 Å². The van der Waals surface area contributed by atoms with E-state index in [1.54, 1.807) is 6.92 Å². The summed E-state index contributed by atoms with van der Waals surface area (Å²) in [4.78, 5) is 10.8. The van der Waals surface area contributed by atoms with Crippen LogP contribution in [0, 0.1) is 0 Å². The zero-order chi connectivity index (χ0) is 13.9. The maximum absolute atomic E-state index is 12.2. The Morgan fingerprint density at radius 3 is 2.50 bits per heavy atom. The van der Waals surface area contributed by atoms with Crippen molar-refractivity contribution < 1.29 is 13.2 Å². The van der Waals surface area contributed by atoms with Gasteiger partial charge in [-0.25, -0.2) is 8.42 Å². The first kappa shape index (κ1) is 14.7. The van der Waals surface area contributed by atoms with Crippen molar-refractivity contribution >= 4 is 33.2 Å². The number of hydrogen-bond donors (Lipinski definition) is 2. The average Bonchev–Trinajstić information content (AvgIpc) is 2.24. The fourth-order valence-electron chi connectivity index (χ4n) is 1.41. The third-order valence-corrected chi connectivity index (χ3v) is 4.66. The molecule has 0 spiro atoms. The molecule has 4 N–H and O–H groups in total. The van der Waals surface area contributed by atoms with Gasteiger partial charge in [0.05, 0.1) is 11.6 Å². The molecule has 0 fully saturated rings. The highest BCUT2D eigenvalue weighted by Crippen LogP contribution is 2.26. The molecule has 0 heterocycles. The summed E-state index contributed by atoms with van der Waals surface area (Å²) in [6.07, 6.45) is 0. The third-order valence-electron chi connectivity index (χ3n) is 2.26. The Kier molecular flexibility index (Phi) is 4.55. The van der Waals surface area contributed by atoms with Gasteiger partial charge >= 0.3 is 0 Å². The van der Waals surface area contributed by atoms with Crippen molar-refractivity contribution in [2.75, 3.05) is 18.8 Å². The molecule has 0 saturated heterocycles. The predicted octanol–water partition coefficient (Wildman–Crippen LogP) is 0.418. The number of carbonyl (C=O) groups is 1. The largest absolute Gasteiger partial charge is 0.399 e. The number of benzene rings is 1. The standard InChI is InChI=1S/C10H14ClN3O3S/c1-2-14(6-10(13)15)18(16,17)9-4-3-7(12)5-8(9)11/h3-5H,2,6,12H2,1H3,(H2,13,15). The molecule has 8 heteroatoms. The highest BCUT2D eigenvalue weighted by molar-refractivity contribution is 7.89. The van der Waals surface area contributed by atoms with Crippen molar-refractivity contribution in [1.82, 2.24) is 4.31 Å². The van der Waals surface area contributed by atoms with E-state index in [1.165, 1.54) is 18.2 Å². The number of amides is 1. The van der Waals surface area contributed by atoms with Crippen LogP contribution in [0.2, 0.25) is 5.02 Å². The lowest BCUT2D eigenvalue weighted by molar-refractivity contribution is -0.118. The van der Waals surface area contributed by atoms with E-state index in [-0.39, 0.29) is 23.0 Å². The lowest BCUT2D eigenvalue weighted by Gasteiger charge is -2.19. The molecular weight excluding hydrogens is 278 g/mol. The molecule has 0 bridgehead atoms. The van der Waals surface area contributed by atoms with Gasteiger partial charge in [-0.05, 0) is 18.2 Å². The van der Waals surface area contributed by atoms with Crippen LogP contribution in [-0.4, -0.2) is 31.7 Å². The van der Waals surface area contributed by atoms with E-state index in [4.69, 9.17) is 23.1 Å². The number of nitrogens with two attached hydrogens (primary N) is 2. The van der Waals surface area contributed by atoms with E-state index in [0.29, 0.717) is 5.69 Å². The van der Waals surface area contributed by atoms with Crippen molar-refractivity contribution in [3.63, 3.8) is 0 Å². The Morgan fingerprint density at radius 2 is 2.06 bits per heavy atom. The molecule has 0 radical (unpaired) electrons. The summed E-state index contributed by atoms with van der Waals surface area (Å²) in [7, 11) is -3.85. The molecule has 1 amide bonds. The molecule has 18 heavy (non-hydrogen) atoms. The van der Waals surface area contributed by atoms with E-state index < -0.39 is 15.9 Å². The second-order valence-electron chi connectivity index (χ2n) is 3.59. The fraction of sp³-hybridized carbons (Fsp3) is 0.300. The summed E-state index contributed by atoms with van der Waals surface area (Å²) in [5.74, 6) is -0.730. The Bertz CT molecular complexity index is 559. The van der Waals surface area contributed by atoms with Gasteiger partial charge in [0.1, 0.15) is 4.90 Å². The Morgan fingerprint density at radius 1 is 1.44 bits per heavy atom. The first-order valence-corrected chi connectivity index (χ1v) is 6.94. The fourth-order valence-corrected chi connectivity index (χ4v) is 3.35. The number of halogens is 1. The lowest BCUT2D eigenvalue weighted by Crippen LogP contribution is -2.38. The number of likely N-dealkylation sites (N-methyl/N-ethyl adjacent to an activating group) is 1. The summed E-state index contributed by atoms with van der Waals surface area (Å²) in [5, 5.41) is 0.0120. The first-order chi connectivity index (χ1) is 8.28. The molecule has 0 saturated carbocycles. The number of rotatable bonds is 5. The van der Waals surface area contributed by atoms with Crippen LogP contribution in [0.25, 0.3) is 0 Å². The summed E-state index contributed by atoms with van der Waals surface area (Å²) >= 11 is 5.85. The minimum Gasteiger partial charge on any atom is -0.399 e. The van der Waals surface area contributed by atoms with Crippen molar-refractivity contribution in [2.24, 2.45) is 5.73 Å². The minimum absolute atomic E-state index is 0.0120. The summed E-state index contributed by atoms with van der Waals surface area (Å²) in [6.45, 7) is 1.33. The van der Waals surface area contributed by atoms with Crippen LogP contribution >= 0.6 is 11.6 Å². The molecule has 1 aromatic carbocycles. The second-order valence-corrected chi connectivity index (χ2v) is 5.90. The molecular formula is C10H14ClN3O3S. The molecule has 0 unspecified atom stereocenters. The molecule has 0 aliphatic carbocycles. The minimum atomic E-state index is -3.85. The maximum Gasteiger partial charge on any atom is 0.245 e. The van der Waals surface area contributed by atoms with Gasteiger partial charge in [0.25, 0.3) is 0 Å². The van der Waals surface area contributed by atoms with Gasteiger partial charge in [0, 0.05) is 12.2 Å². The molecule has 1 aromatic rings. The number of sulfonamides is 1. The quantitative estimate of drug-likeness (QED) is 0.767. The smallest absolute Gasteiger partial charge is 0.245 e. The Hall–Kier alpha value is -1.31. The number of hydrogen-bond acceptors (Lipinski definition) is 4. The van der Waals surface area contributed by atoms with E-state index in [0.717, 1.165) is 4.31 Å². The highest BCUT2D eigenvalue weighted by atomic mass is 35.5. The first-order valence-electron chi connectivity index (χ1n) is 5.12. The molecule has 0 aliphatic rings. The number of primary amides is 1. The van der Waals surface area contributed by atoms with Gasteiger partial charge < -0.3 is 11.5 Å². The SMILES string of the molecule is CCN(CC(N)=O)S(=O)(=O)c1ccc(N)cc1Cl. The van der Waals surface area contributed by atoms with Crippen molar-refractivity contribution in [3.8, 4) is 0 Å². The molecule has 0 aromatic heterocycles. The van der Waals surface area contributed by atoms with E-state index in [9.17, 15) is 13.2 Å². The summed E-state index contributed by atoms with van der Waals surface area (Å²) < 4.78 is 25.4. The predicted molar refractivity (Wildman–Crippen MR) is 69.5 cm³/mol. The highest BCUT2D eigenvalue weighted by Gasteiger charge is 2.26. The van der Waals surface area contributed by atoms with Gasteiger partial charge in [0.15, 0.2) is 0 Å². The summed E-state index contributed by atoms with van der Waals surface area (Å²) in [6, 6.07) is 4.07. The second kappa shape index (κ2) is 5.55. The normalized spacial score (nSPS) is 11.7. The van der Waals surface area contributed by atoms with Gasteiger partial charge in [0.2, 0.25) is 15.9 Å². The zero-order valence-corrected chi connectivity index (χ0v) is 11.3. The number of carbonyl (C=O) groups excluding carboxylic acids is 1. The molecule has 0 atom stereocenters. The Balaban J connectivity index is 3.23. The third kappa shape index (κ3) is 3.12. The monoisotopic (exact) mass is 291 g/mol. The maximum atomic E-state index is 12.2. The van der Waals surface area contributed by atoms with Gasteiger partial charge in [-0.15, -0.1) is 0 Å². The number of anilines is 1. The molecule has 0 aliphatic heterocycles. The van der Waals surface area contributed by atoms with Crippen LogP contribution < -0.4 is 11.5 Å². The van der Waals surface area contributed by atoms with Crippen molar-refractivity contribution in [1.29, 1.82) is 0 Å². The van der Waals surface area contributed by atoms with Crippen LogP contribution in [0.4, 0.5) is 5.69 Å². The van der Waals surface area contributed by atoms with E-state index in [1.807, 2.05) is 0 Å². The average molecular weight is 292 g/mol. The molecule has 6 nitrogen and oxygen atoms in total. The number of nitrogens with zero attached hydrogens (tertiary/aromatic N) is 1. The van der Waals surface area contributed by atoms with Crippen LogP contribution in [-0.2, 0) is 14.8 Å². The topological polar surface area (TPSA) is 106 Å². The van der Waals surface area contributed by atoms with E-state index in [2.05, 4.69) is 0 Å². The lowest BCUT2D eigenvalue weighted by atomic mass is 10.3. The summed E-state index contributed by atoms with van der Waals surface area (Å²) in [5.41, 5.74) is 10.9. The molecule has 100 valence electrons. The van der Waals surface area contributed by atoms with Crippen LogP contribution in [0.1, 0.15) is 6.92 Å². The Labute approximate surface area is 111 Å². The van der Waals surface area contributed by atoms with Crippen molar-refractivity contribution in [2.45, 2.75) is 11.8 Å². The van der Waals surface area contributed by atoms with Gasteiger partial charge in [-0.2, -0.15) is 4.31 Å². The van der Waals surface area contributed by atoms with Gasteiger partial charge in [-0.3, -0.25) is 4.79 Å². The van der Waals surface area contributed by atoms with Crippen LogP contribution in [0.15, 0.2) is 23.1 Å². The molecule has 1 rings (SSSR count). The van der Waals surface area contributed by atoms with Gasteiger partial charge in [-0.1, -0.05) is 18.5 Å². The number of nitrogen functional groups attached to an aromatic ring is 1. The van der Waals surface area contributed by atoms with Crippen LogP contribution in [0.3, 0.4) is 0 Å². The van der Waals surface area contributed by atoms with Crippen LogP contribution in [0.5, 0.6) is 0 Å². The zero-order valence-electron chi connectivity index (χ0n) is 9.76. The van der Waals surface area contributed by atoms with E-state index >= 15 is 0 Å².